The lowest BCUT2D eigenvalue weighted by Gasteiger charge is -2.37. The van der Waals surface area contributed by atoms with Crippen LogP contribution in [0.5, 0.6) is 0 Å². The first kappa shape index (κ1) is 23.2. The molecule has 0 amide bonds. The van der Waals surface area contributed by atoms with Gasteiger partial charge in [-0.1, -0.05) is 0 Å². The standard InChI is InChI=1S/C23H28F3N7/c1-15-16(2)22(30-29-21(15)20-7-11-28-32(20)4)33-12-8-17(9-13-33)31(3)14-19-18(23(24,25)26)6-5-10-27-19/h5-7,10-11,17H,8-9,12-14H2,1-4H3. The summed E-state index contributed by atoms with van der Waals surface area (Å²) in [6, 6.07) is 4.52. The average molecular weight is 460 g/mol. The largest absolute Gasteiger partial charge is 0.418 e. The molecule has 176 valence electrons. The van der Waals surface area contributed by atoms with Crippen molar-refractivity contribution in [2.24, 2.45) is 7.05 Å². The first-order valence-corrected chi connectivity index (χ1v) is 11.0. The van der Waals surface area contributed by atoms with Crippen LogP contribution in [0, 0.1) is 13.8 Å². The summed E-state index contributed by atoms with van der Waals surface area (Å²) in [5.74, 6) is 0.864. The molecule has 0 unspecified atom stereocenters. The molecule has 1 aliphatic rings. The quantitative estimate of drug-likeness (QED) is 0.575. The van der Waals surface area contributed by atoms with Gasteiger partial charge in [-0.2, -0.15) is 18.3 Å². The Morgan fingerprint density at radius 3 is 2.42 bits per heavy atom. The second kappa shape index (κ2) is 9.09. The van der Waals surface area contributed by atoms with Crippen molar-refractivity contribution in [3.8, 4) is 11.4 Å². The van der Waals surface area contributed by atoms with Gasteiger partial charge in [-0.25, -0.2) is 0 Å². The number of rotatable bonds is 5. The van der Waals surface area contributed by atoms with Crippen LogP contribution in [0.2, 0.25) is 0 Å². The molecule has 0 atom stereocenters. The van der Waals surface area contributed by atoms with E-state index in [4.69, 9.17) is 0 Å². The molecule has 7 nitrogen and oxygen atoms in total. The average Bonchev–Trinajstić information content (AvgIpc) is 3.21. The van der Waals surface area contributed by atoms with Gasteiger partial charge in [0.15, 0.2) is 5.82 Å². The SMILES string of the molecule is Cc1c(-c2ccnn2C)nnc(N2CCC(N(C)Cc3ncccc3C(F)(F)F)CC2)c1C. The van der Waals surface area contributed by atoms with Crippen LogP contribution in [0.25, 0.3) is 11.4 Å². The van der Waals surface area contributed by atoms with Crippen molar-refractivity contribution in [1.29, 1.82) is 0 Å². The molecule has 1 saturated heterocycles. The fraction of sp³-hybridized carbons (Fsp3) is 0.478. The molecule has 33 heavy (non-hydrogen) atoms. The number of hydrogen-bond acceptors (Lipinski definition) is 6. The second-order valence-electron chi connectivity index (χ2n) is 8.59. The van der Waals surface area contributed by atoms with Crippen molar-refractivity contribution in [2.45, 2.75) is 45.5 Å². The maximum absolute atomic E-state index is 13.3. The Labute approximate surface area is 191 Å². The number of piperidine rings is 1. The highest BCUT2D eigenvalue weighted by Crippen LogP contribution is 2.33. The molecule has 0 radical (unpaired) electrons. The number of hydrogen-bond donors (Lipinski definition) is 0. The van der Waals surface area contributed by atoms with E-state index in [1.165, 1.54) is 12.3 Å². The summed E-state index contributed by atoms with van der Waals surface area (Å²) >= 11 is 0. The second-order valence-corrected chi connectivity index (χ2v) is 8.59. The Bertz CT molecular complexity index is 1120. The summed E-state index contributed by atoms with van der Waals surface area (Å²) in [5.41, 5.74) is 3.29. The van der Waals surface area contributed by atoms with Gasteiger partial charge in [0.1, 0.15) is 5.69 Å². The summed E-state index contributed by atoms with van der Waals surface area (Å²) in [6.45, 7) is 5.79. The molecule has 0 N–H and O–H groups in total. The molecule has 0 aliphatic carbocycles. The third kappa shape index (κ3) is 4.71. The molecule has 1 fully saturated rings. The maximum Gasteiger partial charge on any atom is 0.418 e. The van der Waals surface area contributed by atoms with Crippen LogP contribution in [0.3, 0.4) is 0 Å². The number of nitrogens with zero attached hydrogens (tertiary/aromatic N) is 7. The van der Waals surface area contributed by atoms with E-state index < -0.39 is 11.7 Å². The fourth-order valence-corrected chi connectivity index (χ4v) is 4.45. The molecule has 4 heterocycles. The van der Waals surface area contributed by atoms with Crippen molar-refractivity contribution < 1.29 is 13.2 Å². The monoisotopic (exact) mass is 459 g/mol. The topological polar surface area (TPSA) is 63.0 Å². The van der Waals surface area contributed by atoms with E-state index in [0.29, 0.717) is 0 Å². The Kier molecular flexibility index (Phi) is 6.38. The zero-order valence-corrected chi connectivity index (χ0v) is 19.3. The zero-order chi connectivity index (χ0) is 23.8. The minimum absolute atomic E-state index is 0.0676. The molecule has 4 rings (SSSR count). The normalized spacial score (nSPS) is 15.5. The lowest BCUT2D eigenvalue weighted by molar-refractivity contribution is -0.138. The molecule has 0 spiro atoms. The molecule has 3 aromatic heterocycles. The first-order valence-electron chi connectivity index (χ1n) is 11.0. The number of halogens is 3. The first-order chi connectivity index (χ1) is 15.7. The van der Waals surface area contributed by atoms with Crippen LogP contribution >= 0.6 is 0 Å². The van der Waals surface area contributed by atoms with Gasteiger partial charge in [-0.05, 0) is 63.1 Å². The lowest BCUT2D eigenvalue weighted by Crippen LogP contribution is -2.44. The number of aryl methyl sites for hydroxylation is 1. The Morgan fingerprint density at radius 2 is 1.79 bits per heavy atom. The summed E-state index contributed by atoms with van der Waals surface area (Å²) in [5, 5.41) is 13.2. The van der Waals surface area contributed by atoms with Crippen LogP contribution in [-0.2, 0) is 19.8 Å². The van der Waals surface area contributed by atoms with E-state index in [1.807, 2.05) is 32.0 Å². The molecule has 3 aromatic rings. The minimum Gasteiger partial charge on any atom is -0.355 e. The molecule has 0 bridgehead atoms. The molecule has 1 aliphatic heterocycles. The van der Waals surface area contributed by atoms with Crippen molar-refractivity contribution in [3.63, 3.8) is 0 Å². The highest BCUT2D eigenvalue weighted by Gasteiger charge is 2.34. The van der Waals surface area contributed by atoms with Gasteiger partial charge in [-0.3, -0.25) is 14.6 Å². The summed E-state index contributed by atoms with van der Waals surface area (Å²) < 4.78 is 41.7. The van der Waals surface area contributed by atoms with E-state index in [1.54, 1.807) is 10.9 Å². The van der Waals surface area contributed by atoms with Gasteiger partial charge in [0, 0.05) is 45.1 Å². The summed E-state index contributed by atoms with van der Waals surface area (Å²) in [6.07, 6.45) is 0.412. The molecule has 10 heteroatoms. The van der Waals surface area contributed by atoms with Crippen molar-refractivity contribution in [2.75, 3.05) is 25.0 Å². The van der Waals surface area contributed by atoms with Gasteiger partial charge < -0.3 is 4.90 Å². The molecule has 0 aromatic carbocycles. The third-order valence-electron chi connectivity index (χ3n) is 6.54. The van der Waals surface area contributed by atoms with E-state index in [-0.39, 0.29) is 18.3 Å². The van der Waals surface area contributed by atoms with Crippen LogP contribution in [0.4, 0.5) is 19.0 Å². The van der Waals surface area contributed by atoms with Gasteiger partial charge in [0.25, 0.3) is 0 Å². The highest BCUT2D eigenvalue weighted by atomic mass is 19.4. The van der Waals surface area contributed by atoms with Gasteiger partial charge in [0.2, 0.25) is 0 Å². The summed E-state index contributed by atoms with van der Waals surface area (Å²) in [7, 11) is 3.75. The zero-order valence-electron chi connectivity index (χ0n) is 19.3. The number of anilines is 1. The molecular weight excluding hydrogens is 431 g/mol. The van der Waals surface area contributed by atoms with E-state index in [2.05, 4.69) is 32.1 Å². The Hall–Kier alpha value is -3.01. The van der Waals surface area contributed by atoms with E-state index in [0.717, 1.165) is 60.3 Å². The lowest BCUT2D eigenvalue weighted by atomic mass is 10.0. The molecular formula is C23H28F3N7. The predicted octanol–water partition coefficient (Wildman–Crippen LogP) is 4.01. The van der Waals surface area contributed by atoms with Crippen LogP contribution in [0.15, 0.2) is 30.6 Å². The maximum atomic E-state index is 13.3. The summed E-state index contributed by atoms with van der Waals surface area (Å²) in [4.78, 5) is 8.20. The van der Waals surface area contributed by atoms with Crippen molar-refractivity contribution in [1.82, 2.24) is 29.9 Å². The third-order valence-corrected chi connectivity index (χ3v) is 6.54. The number of pyridine rings is 1. The van der Waals surface area contributed by atoms with E-state index in [9.17, 15) is 13.2 Å². The van der Waals surface area contributed by atoms with Crippen molar-refractivity contribution >= 4 is 5.82 Å². The minimum atomic E-state index is -4.40. The molecule has 0 saturated carbocycles. The van der Waals surface area contributed by atoms with E-state index >= 15 is 0 Å². The Morgan fingerprint density at radius 1 is 1.06 bits per heavy atom. The predicted molar refractivity (Wildman–Crippen MR) is 120 cm³/mol. The van der Waals surface area contributed by atoms with Crippen LogP contribution < -0.4 is 4.90 Å². The fourth-order valence-electron chi connectivity index (χ4n) is 4.45. The van der Waals surface area contributed by atoms with Crippen LogP contribution in [0.1, 0.15) is 35.2 Å². The van der Waals surface area contributed by atoms with Crippen molar-refractivity contribution in [3.05, 3.63) is 53.0 Å². The number of aromatic nitrogens is 5. The highest BCUT2D eigenvalue weighted by molar-refractivity contribution is 5.64. The van der Waals surface area contributed by atoms with Crippen LogP contribution in [-0.4, -0.2) is 56.0 Å². The Balaban J connectivity index is 1.43. The van der Waals surface area contributed by atoms with Gasteiger partial charge >= 0.3 is 6.18 Å². The van der Waals surface area contributed by atoms with Gasteiger partial charge in [0.05, 0.1) is 17.0 Å². The van der Waals surface area contributed by atoms with Gasteiger partial charge in [-0.15, -0.1) is 10.2 Å². The smallest absolute Gasteiger partial charge is 0.355 e. The number of alkyl halides is 3.